The molecule has 0 N–H and O–H groups in total. The SMILES string of the molecule is C=CCN(CC(=O)N1CCc2sccc2C1c1ccc(OC)cc1)S(=O)(=O)c1ccc(C)cc1. The summed E-state index contributed by atoms with van der Waals surface area (Å²) in [5, 5.41) is 2.04. The maximum absolute atomic E-state index is 13.6. The van der Waals surface area contributed by atoms with Crippen molar-refractivity contribution in [2.45, 2.75) is 24.3 Å². The number of fused-ring (bicyclic) bond motifs is 1. The van der Waals surface area contributed by atoms with Crippen molar-refractivity contribution >= 4 is 27.3 Å². The number of nitrogens with zero attached hydrogens (tertiary/aromatic N) is 2. The Labute approximate surface area is 205 Å². The molecule has 3 aromatic rings. The van der Waals surface area contributed by atoms with Gasteiger partial charge < -0.3 is 9.64 Å². The van der Waals surface area contributed by atoms with Crippen LogP contribution in [0.4, 0.5) is 0 Å². The molecule has 0 aliphatic carbocycles. The number of hydrogen-bond donors (Lipinski definition) is 0. The smallest absolute Gasteiger partial charge is 0.243 e. The summed E-state index contributed by atoms with van der Waals surface area (Å²) in [6.07, 6.45) is 2.25. The molecule has 6 nitrogen and oxygen atoms in total. The first kappa shape index (κ1) is 24.2. The molecule has 0 radical (unpaired) electrons. The largest absolute Gasteiger partial charge is 0.497 e. The number of thiophene rings is 1. The van der Waals surface area contributed by atoms with Crippen molar-refractivity contribution in [1.82, 2.24) is 9.21 Å². The summed E-state index contributed by atoms with van der Waals surface area (Å²) in [6, 6.07) is 16.1. The third-order valence-corrected chi connectivity index (χ3v) is 8.84. The highest BCUT2D eigenvalue weighted by Crippen LogP contribution is 2.38. The molecular weight excluding hydrogens is 468 g/mol. The number of carbonyl (C=O) groups excluding carboxylic acids is 1. The highest BCUT2D eigenvalue weighted by Gasteiger charge is 2.35. The number of carbonyl (C=O) groups is 1. The van der Waals surface area contributed by atoms with E-state index in [-0.39, 0.29) is 29.9 Å². The highest BCUT2D eigenvalue weighted by atomic mass is 32.2. The van der Waals surface area contributed by atoms with Crippen LogP contribution in [-0.2, 0) is 21.2 Å². The summed E-state index contributed by atoms with van der Waals surface area (Å²) in [6.45, 7) is 5.92. The lowest BCUT2D eigenvalue weighted by atomic mass is 9.93. The van der Waals surface area contributed by atoms with Gasteiger partial charge in [0.2, 0.25) is 15.9 Å². The molecule has 8 heteroatoms. The standard InChI is InChI=1S/C26H28N2O4S2/c1-4-15-27(34(30,31)22-11-5-19(2)6-12-22)18-25(29)28-16-13-24-23(14-17-33-24)26(28)20-7-9-21(32-3)10-8-20/h4-12,14,17,26H,1,13,15-16,18H2,2-3H3. The first-order valence-corrected chi connectivity index (χ1v) is 13.3. The van der Waals surface area contributed by atoms with Gasteiger partial charge in [0.15, 0.2) is 0 Å². The molecule has 178 valence electrons. The van der Waals surface area contributed by atoms with Gasteiger partial charge in [0.05, 0.1) is 24.6 Å². The van der Waals surface area contributed by atoms with Crippen molar-refractivity contribution in [3.63, 3.8) is 0 Å². The number of hydrogen-bond acceptors (Lipinski definition) is 5. The average Bonchev–Trinajstić information content (AvgIpc) is 3.32. The molecule has 0 spiro atoms. The summed E-state index contributed by atoms with van der Waals surface area (Å²) >= 11 is 1.69. The van der Waals surface area contributed by atoms with Gasteiger partial charge in [0.1, 0.15) is 5.75 Å². The minimum absolute atomic E-state index is 0.0483. The lowest BCUT2D eigenvalue weighted by Gasteiger charge is -2.37. The fraction of sp³-hybridized carbons (Fsp3) is 0.269. The van der Waals surface area contributed by atoms with Gasteiger partial charge in [-0.25, -0.2) is 8.42 Å². The number of aryl methyl sites for hydroxylation is 1. The number of methoxy groups -OCH3 is 1. The van der Waals surface area contributed by atoms with Crippen LogP contribution in [0.5, 0.6) is 5.75 Å². The topological polar surface area (TPSA) is 66.9 Å². The molecule has 1 amide bonds. The number of amides is 1. The number of benzene rings is 2. The summed E-state index contributed by atoms with van der Waals surface area (Å²) in [5.74, 6) is 0.500. The predicted molar refractivity (Wildman–Crippen MR) is 135 cm³/mol. The Balaban J connectivity index is 1.65. The van der Waals surface area contributed by atoms with Crippen LogP contribution in [0, 0.1) is 6.92 Å². The summed E-state index contributed by atoms with van der Waals surface area (Å²) in [4.78, 5) is 16.8. The van der Waals surface area contributed by atoms with E-state index in [2.05, 4.69) is 12.6 Å². The van der Waals surface area contributed by atoms with E-state index in [0.29, 0.717) is 6.54 Å². The lowest BCUT2D eigenvalue weighted by Crippen LogP contribution is -2.46. The zero-order chi connectivity index (χ0) is 24.3. The Kier molecular flexibility index (Phi) is 7.21. The molecule has 0 saturated carbocycles. The third kappa shape index (κ3) is 4.80. The Bertz CT molecular complexity index is 1260. The molecule has 0 saturated heterocycles. The van der Waals surface area contributed by atoms with Crippen molar-refractivity contribution in [2.24, 2.45) is 0 Å². The monoisotopic (exact) mass is 496 g/mol. The van der Waals surface area contributed by atoms with Crippen molar-refractivity contribution in [2.75, 3.05) is 26.7 Å². The summed E-state index contributed by atoms with van der Waals surface area (Å²) in [7, 11) is -2.24. The van der Waals surface area contributed by atoms with Crippen molar-refractivity contribution in [3.8, 4) is 5.75 Å². The number of ether oxygens (including phenoxy) is 1. The van der Waals surface area contributed by atoms with Crippen LogP contribution in [0.1, 0.15) is 27.6 Å². The maximum atomic E-state index is 13.6. The van der Waals surface area contributed by atoms with Crippen molar-refractivity contribution in [3.05, 3.63) is 94.2 Å². The predicted octanol–water partition coefficient (Wildman–Crippen LogP) is 4.42. The Hall–Kier alpha value is -2.94. The molecular formula is C26H28N2O4S2. The Morgan fingerprint density at radius 3 is 2.53 bits per heavy atom. The first-order valence-electron chi connectivity index (χ1n) is 11.0. The van der Waals surface area contributed by atoms with Gasteiger partial charge in [-0.1, -0.05) is 35.9 Å². The lowest BCUT2D eigenvalue weighted by molar-refractivity contribution is -0.133. The molecule has 0 fully saturated rings. The van der Waals surface area contributed by atoms with Gasteiger partial charge in [-0.2, -0.15) is 4.31 Å². The average molecular weight is 497 g/mol. The second-order valence-corrected chi connectivity index (χ2v) is 11.1. The highest BCUT2D eigenvalue weighted by molar-refractivity contribution is 7.89. The van der Waals surface area contributed by atoms with Crippen LogP contribution in [0.15, 0.2) is 77.5 Å². The Morgan fingerprint density at radius 1 is 1.18 bits per heavy atom. The number of sulfonamides is 1. The van der Waals surface area contributed by atoms with E-state index in [1.165, 1.54) is 15.3 Å². The van der Waals surface area contributed by atoms with Crippen molar-refractivity contribution in [1.29, 1.82) is 0 Å². The zero-order valence-corrected chi connectivity index (χ0v) is 20.9. The van der Waals surface area contributed by atoms with Crippen LogP contribution in [0.25, 0.3) is 0 Å². The van der Waals surface area contributed by atoms with E-state index in [9.17, 15) is 13.2 Å². The van der Waals surface area contributed by atoms with Gasteiger partial charge in [-0.3, -0.25) is 4.79 Å². The molecule has 1 aromatic heterocycles. The molecule has 0 bridgehead atoms. The van der Waals surface area contributed by atoms with Gasteiger partial charge >= 0.3 is 0 Å². The first-order chi connectivity index (χ1) is 16.3. The second-order valence-electron chi connectivity index (χ2n) is 8.21. The van der Waals surface area contributed by atoms with Crippen LogP contribution in [0.3, 0.4) is 0 Å². The molecule has 1 aliphatic rings. The van der Waals surface area contributed by atoms with Gasteiger partial charge in [0, 0.05) is 18.0 Å². The minimum Gasteiger partial charge on any atom is -0.497 e. The van der Waals surface area contributed by atoms with E-state index >= 15 is 0 Å². The molecule has 1 unspecified atom stereocenters. The van der Waals surface area contributed by atoms with Gasteiger partial charge in [0.25, 0.3) is 0 Å². The van der Waals surface area contributed by atoms with Crippen LogP contribution < -0.4 is 4.74 Å². The fourth-order valence-corrected chi connectivity index (χ4v) is 6.49. The molecule has 2 aromatic carbocycles. The minimum atomic E-state index is -3.85. The Morgan fingerprint density at radius 2 is 1.88 bits per heavy atom. The quantitative estimate of drug-likeness (QED) is 0.433. The molecule has 1 atom stereocenters. The van der Waals surface area contributed by atoms with E-state index in [0.717, 1.165) is 28.9 Å². The summed E-state index contributed by atoms with van der Waals surface area (Å²) < 4.78 is 33.1. The maximum Gasteiger partial charge on any atom is 0.243 e. The molecule has 4 rings (SSSR count). The molecule has 34 heavy (non-hydrogen) atoms. The van der Waals surface area contributed by atoms with Crippen LogP contribution in [-0.4, -0.2) is 50.3 Å². The van der Waals surface area contributed by atoms with Crippen molar-refractivity contribution < 1.29 is 17.9 Å². The van der Waals surface area contributed by atoms with Gasteiger partial charge in [-0.15, -0.1) is 17.9 Å². The van der Waals surface area contributed by atoms with E-state index in [1.54, 1.807) is 47.6 Å². The van der Waals surface area contributed by atoms with E-state index in [4.69, 9.17) is 4.74 Å². The molecule has 1 aliphatic heterocycles. The third-order valence-electron chi connectivity index (χ3n) is 6.02. The molecule has 2 heterocycles. The second kappa shape index (κ2) is 10.1. The fourth-order valence-electron chi connectivity index (χ4n) is 4.22. The van der Waals surface area contributed by atoms with E-state index in [1.807, 2.05) is 36.6 Å². The summed E-state index contributed by atoms with van der Waals surface area (Å²) in [5.41, 5.74) is 3.02. The van der Waals surface area contributed by atoms with Crippen LogP contribution >= 0.6 is 11.3 Å². The van der Waals surface area contributed by atoms with Gasteiger partial charge in [-0.05, 0) is 60.2 Å². The number of rotatable bonds is 8. The zero-order valence-electron chi connectivity index (χ0n) is 19.3. The van der Waals surface area contributed by atoms with E-state index < -0.39 is 10.0 Å². The normalized spacial score (nSPS) is 15.7. The van der Waals surface area contributed by atoms with Crippen LogP contribution in [0.2, 0.25) is 0 Å².